The maximum atomic E-state index is 11.8. The Bertz CT molecular complexity index is 717. The normalized spacial score (nSPS) is 20.0. The van der Waals surface area contributed by atoms with Crippen LogP contribution in [0.5, 0.6) is 0 Å². The lowest BCUT2D eigenvalue weighted by molar-refractivity contribution is 0.153. The monoisotopic (exact) mass is 285 g/mol. The van der Waals surface area contributed by atoms with Crippen molar-refractivity contribution >= 4 is 11.0 Å². The molecule has 0 radical (unpaired) electrons. The minimum Gasteiger partial charge on any atom is -0.423 e. The first-order chi connectivity index (χ1) is 10.0. The topological polar surface area (TPSA) is 33.5 Å². The van der Waals surface area contributed by atoms with Gasteiger partial charge in [0.2, 0.25) is 0 Å². The van der Waals surface area contributed by atoms with Crippen molar-refractivity contribution in [3.8, 4) is 0 Å². The average Bonchev–Trinajstić information content (AvgIpc) is 2.43. The number of hydrogen-bond acceptors (Lipinski definition) is 3. The Morgan fingerprint density at radius 3 is 2.71 bits per heavy atom. The summed E-state index contributed by atoms with van der Waals surface area (Å²) in [6.45, 7) is 8.39. The highest BCUT2D eigenvalue weighted by Crippen LogP contribution is 2.25. The van der Waals surface area contributed by atoms with Crippen molar-refractivity contribution < 1.29 is 4.42 Å². The predicted octanol–water partition coefficient (Wildman–Crippen LogP) is 3.78. The lowest BCUT2D eigenvalue weighted by atomic mass is 10.00. The maximum Gasteiger partial charge on any atom is 0.336 e. The standard InChI is InChI=1S/C18H23NO2/c1-12-8-16-15(11-19-7-5-4-6-14(19)3)10-18(20)21-17(16)9-13(12)2/h8-10,14H,4-7,11H2,1-3H3/t14-/m1/s1. The van der Waals surface area contributed by atoms with Gasteiger partial charge in [0.1, 0.15) is 5.58 Å². The fourth-order valence-electron chi connectivity index (χ4n) is 3.23. The number of aryl methyl sites for hydroxylation is 2. The van der Waals surface area contributed by atoms with Gasteiger partial charge in [-0.3, -0.25) is 4.90 Å². The highest BCUT2D eigenvalue weighted by molar-refractivity contribution is 5.81. The van der Waals surface area contributed by atoms with E-state index in [0.29, 0.717) is 11.6 Å². The number of nitrogens with zero attached hydrogens (tertiary/aromatic N) is 1. The fraction of sp³-hybridized carbons (Fsp3) is 0.500. The summed E-state index contributed by atoms with van der Waals surface area (Å²) in [5, 5.41) is 1.08. The van der Waals surface area contributed by atoms with Crippen LogP contribution in [-0.2, 0) is 6.54 Å². The Hall–Kier alpha value is -1.61. The van der Waals surface area contributed by atoms with Crippen molar-refractivity contribution in [2.75, 3.05) is 6.54 Å². The molecule has 2 heterocycles. The summed E-state index contributed by atoms with van der Waals surface area (Å²) >= 11 is 0. The van der Waals surface area contributed by atoms with Gasteiger partial charge in [-0.2, -0.15) is 0 Å². The SMILES string of the molecule is Cc1cc2oc(=O)cc(CN3CCCC[C@H]3C)c2cc1C. The molecule has 0 aliphatic carbocycles. The van der Waals surface area contributed by atoms with Gasteiger partial charge in [-0.15, -0.1) is 0 Å². The van der Waals surface area contributed by atoms with Crippen molar-refractivity contribution in [1.29, 1.82) is 0 Å². The Labute approximate surface area is 125 Å². The van der Waals surface area contributed by atoms with E-state index in [0.717, 1.165) is 29.6 Å². The van der Waals surface area contributed by atoms with Crippen LogP contribution in [0.4, 0.5) is 0 Å². The van der Waals surface area contributed by atoms with E-state index in [1.807, 2.05) is 13.0 Å². The highest BCUT2D eigenvalue weighted by atomic mass is 16.4. The number of hydrogen-bond donors (Lipinski definition) is 0. The van der Waals surface area contributed by atoms with Crippen LogP contribution >= 0.6 is 0 Å². The van der Waals surface area contributed by atoms with Crippen molar-refractivity contribution in [2.45, 2.75) is 52.6 Å². The summed E-state index contributed by atoms with van der Waals surface area (Å²) in [5.74, 6) is 0. The van der Waals surface area contributed by atoms with Crippen LogP contribution in [0.3, 0.4) is 0 Å². The number of benzene rings is 1. The fourth-order valence-corrected chi connectivity index (χ4v) is 3.23. The Balaban J connectivity index is 2.04. The average molecular weight is 285 g/mol. The molecule has 0 amide bonds. The highest BCUT2D eigenvalue weighted by Gasteiger charge is 2.19. The molecule has 1 atom stereocenters. The third kappa shape index (κ3) is 2.88. The second kappa shape index (κ2) is 5.64. The zero-order valence-corrected chi connectivity index (χ0v) is 13.1. The first-order valence-electron chi connectivity index (χ1n) is 7.82. The van der Waals surface area contributed by atoms with Crippen LogP contribution in [0.2, 0.25) is 0 Å². The maximum absolute atomic E-state index is 11.8. The lowest BCUT2D eigenvalue weighted by Crippen LogP contribution is -2.36. The van der Waals surface area contributed by atoms with E-state index in [-0.39, 0.29) is 5.63 Å². The van der Waals surface area contributed by atoms with E-state index in [4.69, 9.17) is 4.42 Å². The predicted molar refractivity (Wildman–Crippen MR) is 85.7 cm³/mol. The second-order valence-corrected chi connectivity index (χ2v) is 6.34. The Kier molecular flexibility index (Phi) is 3.85. The lowest BCUT2D eigenvalue weighted by Gasteiger charge is -2.33. The molecular weight excluding hydrogens is 262 g/mol. The zero-order chi connectivity index (χ0) is 15.0. The van der Waals surface area contributed by atoms with Gasteiger partial charge in [0.05, 0.1) is 0 Å². The quantitative estimate of drug-likeness (QED) is 0.787. The van der Waals surface area contributed by atoms with Crippen molar-refractivity contribution in [2.24, 2.45) is 0 Å². The molecule has 0 saturated carbocycles. The van der Waals surface area contributed by atoms with Crippen LogP contribution in [0, 0.1) is 13.8 Å². The van der Waals surface area contributed by atoms with Gasteiger partial charge in [0, 0.05) is 24.0 Å². The third-order valence-corrected chi connectivity index (χ3v) is 4.76. The summed E-state index contributed by atoms with van der Waals surface area (Å²) in [5.41, 5.74) is 3.97. The van der Waals surface area contributed by atoms with E-state index in [9.17, 15) is 4.79 Å². The van der Waals surface area contributed by atoms with Gasteiger partial charge in [0.15, 0.2) is 0 Å². The largest absolute Gasteiger partial charge is 0.423 e. The van der Waals surface area contributed by atoms with Crippen LogP contribution in [0.1, 0.15) is 42.9 Å². The molecule has 3 nitrogen and oxygen atoms in total. The van der Waals surface area contributed by atoms with Crippen molar-refractivity contribution in [3.63, 3.8) is 0 Å². The van der Waals surface area contributed by atoms with E-state index in [1.165, 1.54) is 24.8 Å². The molecule has 112 valence electrons. The molecule has 1 saturated heterocycles. The summed E-state index contributed by atoms with van der Waals surface area (Å²) in [4.78, 5) is 14.3. The van der Waals surface area contributed by atoms with Gasteiger partial charge in [-0.05, 0) is 69.0 Å². The zero-order valence-electron chi connectivity index (χ0n) is 13.1. The molecule has 21 heavy (non-hydrogen) atoms. The Morgan fingerprint density at radius 2 is 1.95 bits per heavy atom. The van der Waals surface area contributed by atoms with Crippen molar-refractivity contribution in [1.82, 2.24) is 4.90 Å². The van der Waals surface area contributed by atoms with E-state index in [1.54, 1.807) is 6.07 Å². The molecule has 0 N–H and O–H groups in total. The molecule has 0 bridgehead atoms. The number of rotatable bonds is 2. The number of likely N-dealkylation sites (tertiary alicyclic amines) is 1. The van der Waals surface area contributed by atoms with Gasteiger partial charge in [0.25, 0.3) is 0 Å². The van der Waals surface area contributed by atoms with Crippen molar-refractivity contribution in [3.05, 3.63) is 45.3 Å². The summed E-state index contributed by atoms with van der Waals surface area (Å²) in [6.07, 6.45) is 3.81. The minimum atomic E-state index is -0.245. The van der Waals surface area contributed by atoms with Crippen LogP contribution in [0.15, 0.2) is 27.4 Å². The molecule has 3 heteroatoms. The first-order valence-corrected chi connectivity index (χ1v) is 7.82. The van der Waals surface area contributed by atoms with Crippen LogP contribution in [0.25, 0.3) is 11.0 Å². The molecular formula is C18H23NO2. The van der Waals surface area contributed by atoms with Crippen LogP contribution < -0.4 is 5.63 Å². The minimum absolute atomic E-state index is 0.245. The molecule has 0 spiro atoms. The third-order valence-electron chi connectivity index (χ3n) is 4.76. The number of fused-ring (bicyclic) bond motifs is 1. The smallest absolute Gasteiger partial charge is 0.336 e. The van der Waals surface area contributed by atoms with Gasteiger partial charge in [-0.25, -0.2) is 4.79 Å². The van der Waals surface area contributed by atoms with Gasteiger partial charge in [-0.1, -0.05) is 6.42 Å². The molecule has 1 fully saturated rings. The van der Waals surface area contributed by atoms with Gasteiger partial charge < -0.3 is 4.42 Å². The molecule has 2 aromatic rings. The number of piperidine rings is 1. The molecule has 3 rings (SSSR count). The summed E-state index contributed by atoms with van der Waals surface area (Å²) in [6, 6.07) is 6.39. The van der Waals surface area contributed by atoms with Crippen LogP contribution in [-0.4, -0.2) is 17.5 Å². The second-order valence-electron chi connectivity index (χ2n) is 6.34. The summed E-state index contributed by atoms with van der Waals surface area (Å²) in [7, 11) is 0. The van der Waals surface area contributed by atoms with E-state index < -0.39 is 0 Å². The molecule has 1 aliphatic heterocycles. The molecule has 1 aromatic heterocycles. The molecule has 0 unspecified atom stereocenters. The summed E-state index contributed by atoms with van der Waals surface area (Å²) < 4.78 is 5.38. The van der Waals surface area contributed by atoms with E-state index >= 15 is 0 Å². The Morgan fingerprint density at radius 1 is 1.19 bits per heavy atom. The van der Waals surface area contributed by atoms with E-state index in [2.05, 4.69) is 24.8 Å². The van der Waals surface area contributed by atoms with Gasteiger partial charge >= 0.3 is 5.63 Å². The molecule has 1 aromatic carbocycles. The molecule has 1 aliphatic rings. The first kappa shape index (κ1) is 14.3.